The first-order chi connectivity index (χ1) is 5.19. The molecule has 0 aromatic heterocycles. The van der Waals surface area contributed by atoms with Gasteiger partial charge in [0.05, 0.1) is 19.1 Å². The van der Waals surface area contributed by atoms with Crippen LogP contribution in [0.2, 0.25) is 0 Å². The average molecular weight is 217 g/mol. The first-order valence-corrected chi connectivity index (χ1v) is 6.72. The topological polar surface area (TPSA) is 80.8 Å². The van der Waals surface area contributed by atoms with Gasteiger partial charge >= 0.3 is 0 Å². The van der Waals surface area contributed by atoms with E-state index in [1.807, 2.05) is 0 Å². The van der Waals surface area contributed by atoms with Gasteiger partial charge in [-0.1, -0.05) is 0 Å². The minimum atomic E-state index is -3.86. The van der Waals surface area contributed by atoms with E-state index in [1.165, 1.54) is 6.92 Å². The van der Waals surface area contributed by atoms with Crippen LogP contribution in [0.4, 0.5) is 0 Å². The summed E-state index contributed by atoms with van der Waals surface area (Å²) in [5, 5.41) is 0. The lowest BCUT2D eigenvalue weighted by Crippen LogP contribution is -2.35. The fourth-order valence-electron chi connectivity index (χ4n) is 0.543. The highest BCUT2D eigenvalue weighted by molar-refractivity contribution is 8.03. The predicted molar refractivity (Wildman–Crippen MR) is 43.2 cm³/mol. The van der Waals surface area contributed by atoms with E-state index < -0.39 is 20.0 Å². The monoisotopic (exact) mass is 217 g/mol. The van der Waals surface area contributed by atoms with Crippen molar-refractivity contribution < 1.29 is 21.7 Å². The Morgan fingerprint density at radius 3 is 1.50 bits per heavy atom. The van der Waals surface area contributed by atoms with Gasteiger partial charge in [0.15, 0.2) is 0 Å². The summed E-state index contributed by atoms with van der Waals surface area (Å²) in [5.41, 5.74) is 0. The first-order valence-electron chi connectivity index (χ1n) is 3.03. The predicted octanol–water partition coefficient (Wildman–Crippen LogP) is -0.841. The van der Waals surface area contributed by atoms with Crippen LogP contribution in [0.3, 0.4) is 0 Å². The lowest BCUT2D eigenvalue weighted by Gasteiger charge is -2.14. The molecular formula is C4H11NO5S2. The minimum Gasteiger partial charge on any atom is -0.271 e. The highest BCUT2D eigenvalue weighted by Gasteiger charge is 2.27. The van der Waals surface area contributed by atoms with Gasteiger partial charge in [-0.3, -0.25) is 4.84 Å². The SMILES string of the molecule is CCON(S(C)(=O)=O)S(C)(=O)=O. The van der Waals surface area contributed by atoms with Crippen LogP contribution in [-0.4, -0.2) is 39.8 Å². The molecule has 0 saturated heterocycles. The Morgan fingerprint density at radius 2 is 1.42 bits per heavy atom. The lowest BCUT2D eigenvalue weighted by atomic mass is 10.9. The number of hydrogen-bond donors (Lipinski definition) is 0. The fraction of sp³-hybridized carbons (Fsp3) is 1.00. The van der Waals surface area contributed by atoms with Crippen molar-refractivity contribution in [2.45, 2.75) is 6.92 Å². The summed E-state index contributed by atoms with van der Waals surface area (Å²) in [4.78, 5) is 4.43. The Morgan fingerprint density at radius 1 is 1.08 bits per heavy atom. The second-order valence-electron chi connectivity index (χ2n) is 2.11. The zero-order valence-corrected chi connectivity index (χ0v) is 8.65. The van der Waals surface area contributed by atoms with Crippen LogP contribution in [0, 0.1) is 0 Å². The quantitative estimate of drug-likeness (QED) is 0.573. The molecule has 0 aliphatic heterocycles. The van der Waals surface area contributed by atoms with Crippen molar-refractivity contribution in [3.8, 4) is 0 Å². The molecule has 0 aromatic rings. The summed E-state index contributed by atoms with van der Waals surface area (Å²) in [5.74, 6) is 0. The van der Waals surface area contributed by atoms with Crippen LogP contribution >= 0.6 is 0 Å². The molecule has 8 heteroatoms. The maximum Gasteiger partial charge on any atom is 0.247 e. The van der Waals surface area contributed by atoms with Crippen molar-refractivity contribution in [1.82, 2.24) is 3.87 Å². The van der Waals surface area contributed by atoms with E-state index in [0.29, 0.717) is 0 Å². The molecule has 0 unspecified atom stereocenters. The van der Waals surface area contributed by atoms with Crippen molar-refractivity contribution in [3.63, 3.8) is 0 Å². The smallest absolute Gasteiger partial charge is 0.247 e. The molecule has 0 radical (unpaired) electrons. The molecule has 0 fully saturated rings. The second-order valence-corrected chi connectivity index (χ2v) is 5.93. The molecule has 0 heterocycles. The summed E-state index contributed by atoms with van der Waals surface area (Å²) >= 11 is 0. The molecule has 12 heavy (non-hydrogen) atoms. The second kappa shape index (κ2) is 3.69. The van der Waals surface area contributed by atoms with Gasteiger partial charge in [0, 0.05) is 3.87 Å². The Labute approximate surface area is 72.2 Å². The molecule has 0 N–H and O–H groups in total. The molecule has 74 valence electrons. The normalized spacial score (nSPS) is 13.7. The van der Waals surface area contributed by atoms with Crippen LogP contribution in [0.5, 0.6) is 0 Å². The van der Waals surface area contributed by atoms with Crippen molar-refractivity contribution in [3.05, 3.63) is 0 Å². The van der Waals surface area contributed by atoms with E-state index in [-0.39, 0.29) is 10.5 Å². The van der Waals surface area contributed by atoms with Gasteiger partial charge in [0.25, 0.3) is 0 Å². The van der Waals surface area contributed by atoms with Crippen LogP contribution in [0.15, 0.2) is 0 Å². The molecule has 0 atom stereocenters. The van der Waals surface area contributed by atoms with Gasteiger partial charge in [-0.05, 0) is 6.92 Å². The summed E-state index contributed by atoms with van der Waals surface area (Å²) in [7, 11) is -7.72. The first kappa shape index (κ1) is 11.8. The summed E-state index contributed by atoms with van der Waals surface area (Å²) < 4.78 is 43.2. The number of sulfonamides is 2. The molecule has 0 aromatic carbocycles. The lowest BCUT2D eigenvalue weighted by molar-refractivity contribution is -0.00600. The van der Waals surface area contributed by atoms with Crippen molar-refractivity contribution in [2.24, 2.45) is 0 Å². The van der Waals surface area contributed by atoms with Crippen LogP contribution < -0.4 is 0 Å². The largest absolute Gasteiger partial charge is 0.271 e. The minimum absolute atomic E-state index is 0. The van der Waals surface area contributed by atoms with Crippen molar-refractivity contribution in [1.29, 1.82) is 0 Å². The van der Waals surface area contributed by atoms with Crippen LogP contribution in [0.1, 0.15) is 6.92 Å². The molecule has 0 saturated carbocycles. The Balaban J connectivity index is 4.97. The highest BCUT2D eigenvalue weighted by Crippen LogP contribution is 2.05. The van der Waals surface area contributed by atoms with E-state index in [4.69, 9.17) is 0 Å². The summed E-state index contributed by atoms with van der Waals surface area (Å²) in [6, 6.07) is 0. The van der Waals surface area contributed by atoms with Crippen molar-refractivity contribution >= 4 is 20.0 Å². The number of hydrogen-bond acceptors (Lipinski definition) is 5. The maximum atomic E-state index is 10.8. The summed E-state index contributed by atoms with van der Waals surface area (Å²) in [6.07, 6.45) is 1.51. The Hall–Kier alpha value is -0.180. The highest BCUT2D eigenvalue weighted by atomic mass is 32.3. The van der Waals surface area contributed by atoms with E-state index >= 15 is 0 Å². The van der Waals surface area contributed by atoms with Gasteiger partial charge in [-0.2, -0.15) is 0 Å². The van der Waals surface area contributed by atoms with Crippen molar-refractivity contribution in [2.75, 3.05) is 19.1 Å². The molecule has 0 rings (SSSR count). The van der Waals surface area contributed by atoms with E-state index in [1.54, 1.807) is 0 Å². The molecule has 0 bridgehead atoms. The van der Waals surface area contributed by atoms with Crippen LogP contribution in [-0.2, 0) is 24.9 Å². The molecule has 0 amide bonds. The number of nitrogens with zero attached hydrogens (tertiary/aromatic N) is 1. The molecule has 0 aliphatic carbocycles. The van der Waals surface area contributed by atoms with Gasteiger partial charge < -0.3 is 0 Å². The Bertz CT molecular complexity index is 296. The average Bonchev–Trinajstić information content (AvgIpc) is 1.77. The van der Waals surface area contributed by atoms with Gasteiger partial charge in [-0.15, -0.1) is 0 Å². The molecule has 6 nitrogen and oxygen atoms in total. The van der Waals surface area contributed by atoms with Gasteiger partial charge in [0.1, 0.15) is 0 Å². The van der Waals surface area contributed by atoms with Gasteiger partial charge in [0.2, 0.25) is 20.0 Å². The van der Waals surface area contributed by atoms with Gasteiger partial charge in [-0.25, -0.2) is 16.8 Å². The third-order valence-electron chi connectivity index (χ3n) is 0.776. The zero-order chi connectivity index (χ0) is 9.99. The molecule has 0 aliphatic rings. The van der Waals surface area contributed by atoms with E-state index in [9.17, 15) is 16.8 Å². The standard InChI is InChI=1S/C4H11NO5S2/c1-4-10-5(11(2,6)7)12(3,8)9/h4H2,1-3H3. The zero-order valence-electron chi connectivity index (χ0n) is 7.01. The van der Waals surface area contributed by atoms with E-state index in [2.05, 4.69) is 4.84 Å². The fourth-order valence-corrected chi connectivity index (χ4v) is 3.10. The third kappa shape index (κ3) is 3.48. The molecule has 0 spiro atoms. The third-order valence-corrected chi connectivity index (χ3v) is 3.69. The summed E-state index contributed by atoms with van der Waals surface area (Å²) in [6.45, 7) is 1.46. The maximum absolute atomic E-state index is 10.8. The Kier molecular flexibility index (Phi) is 3.63. The number of rotatable bonds is 4. The molecular weight excluding hydrogens is 206 g/mol. The van der Waals surface area contributed by atoms with E-state index in [0.717, 1.165) is 12.5 Å². The van der Waals surface area contributed by atoms with Crippen LogP contribution in [0.25, 0.3) is 0 Å².